The molecule has 12 heavy (non-hydrogen) atoms. The monoisotopic (exact) mass is 195 g/mol. The fourth-order valence-electron chi connectivity index (χ4n) is 0.487. The zero-order valence-electron chi connectivity index (χ0n) is 6.73. The molecular weight excluding hydrogens is 182 g/mol. The molecule has 72 valence electrons. The number of hydrogen-bond donors (Lipinski definition) is 2. The van der Waals surface area contributed by atoms with E-state index in [9.17, 15) is 4.79 Å². The highest BCUT2D eigenvalue weighted by Gasteiger charge is 2.08. The van der Waals surface area contributed by atoms with E-state index in [0.29, 0.717) is 0 Å². The van der Waals surface area contributed by atoms with Crippen molar-refractivity contribution >= 4 is 18.4 Å². The Morgan fingerprint density at radius 2 is 2.33 bits per heavy atom. The van der Waals surface area contributed by atoms with E-state index in [4.69, 9.17) is 10.8 Å². The Bertz CT molecular complexity index is 141. The second kappa shape index (κ2) is 8.52. The van der Waals surface area contributed by atoms with Gasteiger partial charge in [0.15, 0.2) is 0 Å². The first-order chi connectivity index (χ1) is 5.20. The van der Waals surface area contributed by atoms with E-state index in [1.807, 2.05) is 0 Å². The molecule has 0 bridgehead atoms. The van der Waals surface area contributed by atoms with Crippen molar-refractivity contribution in [3.63, 3.8) is 0 Å². The Kier molecular flexibility index (Phi) is 9.92. The maximum absolute atomic E-state index is 10.7. The van der Waals surface area contributed by atoms with Crippen LogP contribution < -0.4 is 5.73 Å². The number of aliphatic hydroxyl groups is 1. The molecule has 0 saturated heterocycles. The van der Waals surface area contributed by atoms with Crippen LogP contribution in [0.2, 0.25) is 0 Å². The van der Waals surface area contributed by atoms with Crippen molar-refractivity contribution in [2.24, 2.45) is 5.73 Å². The average molecular weight is 196 g/mol. The maximum atomic E-state index is 10.7. The summed E-state index contributed by atoms with van der Waals surface area (Å²) in [7, 11) is 0. The van der Waals surface area contributed by atoms with E-state index < -0.39 is 12.1 Å². The Morgan fingerprint density at radius 3 is 2.75 bits per heavy atom. The van der Waals surface area contributed by atoms with Crippen LogP contribution in [0.25, 0.3) is 0 Å². The van der Waals surface area contributed by atoms with Crippen LogP contribution >= 0.6 is 12.4 Å². The highest BCUT2D eigenvalue weighted by atomic mass is 35.5. The number of nitrogens with two attached hydrogens (primary N) is 1. The molecule has 0 spiro atoms. The fraction of sp³-hybridized carbons (Fsp3) is 0.571. The summed E-state index contributed by atoms with van der Waals surface area (Å²) in [5.74, 6) is -0.456. The largest absolute Gasteiger partial charge is 0.461 e. The number of hydrogen-bond acceptors (Lipinski definition) is 4. The van der Waals surface area contributed by atoms with Crippen LogP contribution in [0, 0.1) is 0 Å². The number of esters is 1. The summed E-state index contributed by atoms with van der Waals surface area (Å²) >= 11 is 0. The summed E-state index contributed by atoms with van der Waals surface area (Å²) in [5, 5.41) is 8.88. The first kappa shape index (κ1) is 14.0. The molecule has 0 heterocycles. The Hall–Kier alpha value is -0.580. The van der Waals surface area contributed by atoms with E-state index in [1.54, 1.807) is 0 Å². The molecule has 3 N–H and O–H groups in total. The van der Waals surface area contributed by atoms with E-state index in [1.165, 1.54) is 6.08 Å². The summed E-state index contributed by atoms with van der Waals surface area (Å²) in [6.45, 7) is 3.62. The van der Waals surface area contributed by atoms with Gasteiger partial charge in [-0.25, -0.2) is 0 Å². The second-order valence-electron chi connectivity index (χ2n) is 2.07. The maximum Gasteiger partial charge on any atom is 0.308 e. The van der Waals surface area contributed by atoms with Gasteiger partial charge in [0.2, 0.25) is 0 Å². The van der Waals surface area contributed by atoms with Gasteiger partial charge in [-0.05, 0) is 0 Å². The molecule has 0 aliphatic heterocycles. The quantitative estimate of drug-likeness (QED) is 0.473. The number of carbonyl (C=O) groups is 1. The molecule has 5 heteroatoms. The molecule has 1 unspecified atom stereocenters. The lowest BCUT2D eigenvalue weighted by molar-refractivity contribution is -0.144. The SMILES string of the molecule is C=CCOC(=O)CC(O)CN.Cl. The van der Waals surface area contributed by atoms with Crippen LogP contribution in [-0.4, -0.2) is 30.3 Å². The summed E-state index contributed by atoms with van der Waals surface area (Å²) in [4.78, 5) is 10.7. The molecule has 0 radical (unpaired) electrons. The Labute approximate surface area is 77.8 Å². The molecule has 0 aliphatic rings. The van der Waals surface area contributed by atoms with Gasteiger partial charge in [0, 0.05) is 6.54 Å². The predicted molar refractivity (Wildman–Crippen MR) is 48.1 cm³/mol. The second-order valence-corrected chi connectivity index (χ2v) is 2.07. The molecule has 0 aromatic carbocycles. The van der Waals surface area contributed by atoms with Crippen LogP contribution in [0.3, 0.4) is 0 Å². The van der Waals surface area contributed by atoms with Gasteiger partial charge in [-0.2, -0.15) is 0 Å². The molecule has 0 aromatic rings. The standard InChI is InChI=1S/C7H13NO3.ClH/c1-2-3-11-7(10)4-6(9)5-8;/h2,6,9H,1,3-5,8H2;1H. The van der Waals surface area contributed by atoms with Crippen molar-refractivity contribution in [1.29, 1.82) is 0 Å². The minimum absolute atomic E-state index is 0. The van der Waals surface area contributed by atoms with Crippen molar-refractivity contribution in [3.8, 4) is 0 Å². The smallest absolute Gasteiger partial charge is 0.308 e. The van der Waals surface area contributed by atoms with Crippen LogP contribution in [0.4, 0.5) is 0 Å². The number of carbonyl (C=O) groups excluding carboxylic acids is 1. The van der Waals surface area contributed by atoms with Crippen LogP contribution in [0.15, 0.2) is 12.7 Å². The molecule has 0 fully saturated rings. The Morgan fingerprint density at radius 1 is 1.75 bits per heavy atom. The van der Waals surface area contributed by atoms with Gasteiger partial charge in [0.05, 0.1) is 12.5 Å². The van der Waals surface area contributed by atoms with E-state index in [0.717, 1.165) is 0 Å². The minimum Gasteiger partial charge on any atom is -0.461 e. The van der Waals surface area contributed by atoms with E-state index in [-0.39, 0.29) is 32.0 Å². The molecule has 0 aromatic heterocycles. The van der Waals surface area contributed by atoms with E-state index >= 15 is 0 Å². The van der Waals surface area contributed by atoms with Crippen molar-refractivity contribution in [1.82, 2.24) is 0 Å². The number of rotatable bonds is 5. The average Bonchev–Trinajstić information content (AvgIpc) is 2.00. The van der Waals surface area contributed by atoms with Gasteiger partial charge in [-0.3, -0.25) is 4.79 Å². The fourth-order valence-corrected chi connectivity index (χ4v) is 0.487. The lowest BCUT2D eigenvalue weighted by atomic mass is 10.2. The highest BCUT2D eigenvalue weighted by molar-refractivity contribution is 5.85. The van der Waals surface area contributed by atoms with Crippen molar-refractivity contribution in [2.75, 3.05) is 13.2 Å². The number of halogens is 1. The zero-order chi connectivity index (χ0) is 8.69. The summed E-state index contributed by atoms with van der Waals surface area (Å²) < 4.78 is 4.59. The molecule has 0 rings (SSSR count). The topological polar surface area (TPSA) is 72.5 Å². The molecule has 0 aliphatic carbocycles. The van der Waals surface area contributed by atoms with Gasteiger partial charge in [-0.15, -0.1) is 12.4 Å². The zero-order valence-corrected chi connectivity index (χ0v) is 7.55. The van der Waals surface area contributed by atoms with Crippen molar-refractivity contribution < 1.29 is 14.6 Å². The lowest BCUT2D eigenvalue weighted by Gasteiger charge is -2.05. The normalized spacial score (nSPS) is 11.2. The number of aliphatic hydroxyl groups excluding tert-OH is 1. The minimum atomic E-state index is -0.799. The third kappa shape index (κ3) is 7.53. The molecular formula is C7H14ClNO3. The predicted octanol–water partition coefficient (Wildman–Crippen LogP) is -0.153. The van der Waals surface area contributed by atoms with Crippen molar-refractivity contribution in [2.45, 2.75) is 12.5 Å². The lowest BCUT2D eigenvalue weighted by Crippen LogP contribution is -2.24. The molecule has 4 nitrogen and oxygen atoms in total. The van der Waals surface area contributed by atoms with Gasteiger partial charge in [0.1, 0.15) is 6.61 Å². The first-order valence-electron chi connectivity index (χ1n) is 3.35. The van der Waals surface area contributed by atoms with Gasteiger partial charge in [-0.1, -0.05) is 12.7 Å². The van der Waals surface area contributed by atoms with Gasteiger partial charge in [0.25, 0.3) is 0 Å². The third-order valence-electron chi connectivity index (χ3n) is 1.04. The number of ether oxygens (including phenoxy) is 1. The highest BCUT2D eigenvalue weighted by Crippen LogP contribution is 1.92. The van der Waals surface area contributed by atoms with E-state index in [2.05, 4.69) is 11.3 Å². The Balaban J connectivity index is 0. The third-order valence-corrected chi connectivity index (χ3v) is 1.04. The molecule has 0 amide bonds. The summed E-state index contributed by atoms with van der Waals surface area (Å²) in [5.41, 5.74) is 5.07. The van der Waals surface area contributed by atoms with Crippen molar-refractivity contribution in [3.05, 3.63) is 12.7 Å². The van der Waals surface area contributed by atoms with Gasteiger partial charge < -0.3 is 15.6 Å². The molecule has 1 atom stereocenters. The summed E-state index contributed by atoms with van der Waals surface area (Å²) in [6, 6.07) is 0. The van der Waals surface area contributed by atoms with Gasteiger partial charge >= 0.3 is 5.97 Å². The molecule has 0 saturated carbocycles. The van der Waals surface area contributed by atoms with Crippen LogP contribution in [-0.2, 0) is 9.53 Å². The van der Waals surface area contributed by atoms with Crippen LogP contribution in [0.1, 0.15) is 6.42 Å². The summed E-state index contributed by atoms with van der Waals surface area (Å²) in [6.07, 6.45) is 0.615. The first-order valence-corrected chi connectivity index (χ1v) is 3.35. The van der Waals surface area contributed by atoms with Crippen LogP contribution in [0.5, 0.6) is 0 Å².